The van der Waals surface area contributed by atoms with Crippen molar-refractivity contribution in [2.24, 2.45) is 0 Å². The third-order valence-corrected chi connectivity index (χ3v) is 2.43. The minimum absolute atomic E-state index is 0.0299. The van der Waals surface area contributed by atoms with Gasteiger partial charge in [0.1, 0.15) is 5.75 Å². The zero-order chi connectivity index (χ0) is 16.4. The van der Waals surface area contributed by atoms with Crippen LogP contribution in [0, 0.1) is 0 Å². The summed E-state index contributed by atoms with van der Waals surface area (Å²) in [7, 11) is 0. The topological polar surface area (TPSA) is 64.6 Å². The van der Waals surface area contributed by atoms with Gasteiger partial charge in [-0.25, -0.2) is 4.79 Å². The lowest BCUT2D eigenvalue weighted by molar-refractivity contribution is -0.143. The molecule has 0 aliphatic carbocycles. The van der Waals surface area contributed by atoms with Gasteiger partial charge in [-0.2, -0.15) is 8.78 Å². The predicted octanol–water partition coefficient (Wildman–Crippen LogP) is 2.37. The van der Waals surface area contributed by atoms with Gasteiger partial charge < -0.3 is 14.8 Å². The highest BCUT2D eigenvalue weighted by molar-refractivity contribution is 5.89. The quantitative estimate of drug-likeness (QED) is 0.591. The fourth-order valence-corrected chi connectivity index (χ4v) is 1.42. The van der Waals surface area contributed by atoms with Gasteiger partial charge >= 0.3 is 12.6 Å². The number of hydrogen-bond donors (Lipinski definition) is 1. The molecule has 0 aliphatic heterocycles. The Morgan fingerprint density at radius 3 is 2.55 bits per heavy atom. The first-order valence-corrected chi connectivity index (χ1v) is 6.67. The van der Waals surface area contributed by atoms with Crippen molar-refractivity contribution in [1.82, 2.24) is 5.32 Å². The second kappa shape index (κ2) is 9.49. The molecule has 0 saturated carbocycles. The minimum Gasteiger partial charge on any atom is -0.452 e. The molecule has 0 unspecified atom stereocenters. The predicted molar refractivity (Wildman–Crippen MR) is 76.4 cm³/mol. The van der Waals surface area contributed by atoms with E-state index < -0.39 is 12.6 Å². The van der Waals surface area contributed by atoms with Crippen LogP contribution in [0.25, 0.3) is 6.08 Å². The third kappa shape index (κ3) is 7.37. The maximum atomic E-state index is 12.0. The molecular weight excluding hydrogens is 296 g/mol. The van der Waals surface area contributed by atoms with Crippen molar-refractivity contribution in [1.29, 1.82) is 0 Å². The summed E-state index contributed by atoms with van der Waals surface area (Å²) in [6.07, 6.45) is 3.39. The molecule has 0 radical (unpaired) electrons. The maximum Gasteiger partial charge on any atom is 0.387 e. The van der Waals surface area contributed by atoms with Crippen molar-refractivity contribution < 1.29 is 27.8 Å². The first-order valence-electron chi connectivity index (χ1n) is 6.67. The number of hydrogen-bond acceptors (Lipinski definition) is 4. The van der Waals surface area contributed by atoms with Crippen LogP contribution in [-0.4, -0.2) is 31.6 Å². The maximum absolute atomic E-state index is 12.0. The van der Waals surface area contributed by atoms with Gasteiger partial charge in [0, 0.05) is 12.6 Å². The van der Waals surface area contributed by atoms with E-state index in [4.69, 9.17) is 4.74 Å². The number of carbonyl (C=O) groups is 2. The number of ether oxygens (including phenoxy) is 2. The smallest absolute Gasteiger partial charge is 0.387 e. The molecule has 5 nitrogen and oxygen atoms in total. The van der Waals surface area contributed by atoms with Gasteiger partial charge in [-0.1, -0.05) is 19.1 Å². The Labute approximate surface area is 126 Å². The normalized spacial score (nSPS) is 10.7. The van der Waals surface area contributed by atoms with E-state index in [1.54, 1.807) is 0 Å². The summed E-state index contributed by atoms with van der Waals surface area (Å²) in [6.45, 7) is -0.786. The first-order chi connectivity index (χ1) is 10.5. The fraction of sp³-hybridized carbons (Fsp3) is 0.333. The zero-order valence-electron chi connectivity index (χ0n) is 12.1. The van der Waals surface area contributed by atoms with E-state index in [9.17, 15) is 18.4 Å². The molecule has 7 heteroatoms. The van der Waals surface area contributed by atoms with E-state index in [1.807, 2.05) is 6.92 Å². The van der Waals surface area contributed by atoms with Gasteiger partial charge in [-0.05, 0) is 30.2 Å². The van der Waals surface area contributed by atoms with Crippen LogP contribution in [0.4, 0.5) is 8.78 Å². The molecule has 1 N–H and O–H groups in total. The number of halogens is 2. The molecule has 0 aliphatic rings. The van der Waals surface area contributed by atoms with E-state index in [1.165, 1.54) is 30.3 Å². The molecule has 0 aromatic heterocycles. The summed E-state index contributed by atoms with van der Waals surface area (Å²) in [5.74, 6) is -1.00. The van der Waals surface area contributed by atoms with Crippen molar-refractivity contribution in [2.75, 3.05) is 13.2 Å². The number of rotatable bonds is 8. The second-order valence-electron chi connectivity index (χ2n) is 4.24. The van der Waals surface area contributed by atoms with Crippen LogP contribution in [0.1, 0.15) is 18.9 Å². The molecule has 1 rings (SSSR count). The summed E-state index contributed by atoms with van der Waals surface area (Å²) in [6, 6.07) is 5.73. The Hall–Kier alpha value is -2.44. The van der Waals surface area contributed by atoms with Crippen LogP contribution >= 0.6 is 0 Å². The summed E-state index contributed by atoms with van der Waals surface area (Å²) in [5, 5.41) is 2.57. The molecule has 0 saturated heterocycles. The SMILES string of the molecule is CCCNC(=O)COC(=O)/C=C/c1ccc(OC(F)F)cc1. The molecule has 1 amide bonds. The van der Waals surface area contributed by atoms with Gasteiger partial charge in [0.2, 0.25) is 0 Å². The number of esters is 1. The van der Waals surface area contributed by atoms with Gasteiger partial charge in [-0.3, -0.25) is 4.79 Å². The number of amides is 1. The van der Waals surface area contributed by atoms with Crippen LogP contribution in [-0.2, 0) is 14.3 Å². The lowest BCUT2D eigenvalue weighted by Gasteiger charge is -2.04. The number of carbonyl (C=O) groups excluding carboxylic acids is 2. The lowest BCUT2D eigenvalue weighted by Crippen LogP contribution is -2.28. The van der Waals surface area contributed by atoms with E-state index >= 15 is 0 Å². The van der Waals surface area contributed by atoms with Gasteiger partial charge in [-0.15, -0.1) is 0 Å². The highest BCUT2D eigenvalue weighted by Crippen LogP contribution is 2.15. The van der Waals surface area contributed by atoms with E-state index in [0.717, 1.165) is 12.5 Å². The van der Waals surface area contributed by atoms with Gasteiger partial charge in [0.25, 0.3) is 5.91 Å². The zero-order valence-corrected chi connectivity index (χ0v) is 12.1. The molecule has 120 valence electrons. The molecule has 1 aromatic carbocycles. The summed E-state index contributed by atoms with van der Waals surface area (Å²) in [5.41, 5.74) is 0.606. The Balaban J connectivity index is 2.40. The molecule has 0 spiro atoms. The van der Waals surface area contributed by atoms with Gasteiger partial charge in [0.05, 0.1) is 0 Å². The molecular formula is C15H17F2NO4. The van der Waals surface area contributed by atoms with Crippen LogP contribution < -0.4 is 10.1 Å². The largest absolute Gasteiger partial charge is 0.452 e. The molecule has 22 heavy (non-hydrogen) atoms. The number of benzene rings is 1. The summed E-state index contributed by atoms with van der Waals surface area (Å²) in [4.78, 5) is 22.6. The number of alkyl halides is 2. The molecule has 0 bridgehead atoms. The minimum atomic E-state index is -2.88. The highest BCUT2D eigenvalue weighted by atomic mass is 19.3. The highest BCUT2D eigenvalue weighted by Gasteiger charge is 2.05. The summed E-state index contributed by atoms with van der Waals surface area (Å²) < 4.78 is 32.9. The Morgan fingerprint density at radius 1 is 1.27 bits per heavy atom. The Kier molecular flexibility index (Phi) is 7.60. The van der Waals surface area contributed by atoms with Crippen molar-refractivity contribution >= 4 is 18.0 Å². The van der Waals surface area contributed by atoms with Crippen molar-refractivity contribution in [2.45, 2.75) is 20.0 Å². The average molecular weight is 313 g/mol. The van der Waals surface area contributed by atoms with Crippen LogP contribution in [0.2, 0.25) is 0 Å². The first kappa shape index (κ1) is 17.6. The molecule has 1 aromatic rings. The monoisotopic (exact) mass is 313 g/mol. The fourth-order valence-electron chi connectivity index (χ4n) is 1.42. The third-order valence-electron chi connectivity index (χ3n) is 2.43. The van der Waals surface area contributed by atoms with Crippen molar-refractivity contribution in [3.05, 3.63) is 35.9 Å². The molecule has 0 heterocycles. The molecule has 0 atom stereocenters. The van der Waals surface area contributed by atoms with E-state index in [2.05, 4.69) is 10.1 Å². The number of nitrogens with one attached hydrogen (secondary N) is 1. The van der Waals surface area contributed by atoms with Crippen LogP contribution in [0.3, 0.4) is 0 Å². The molecule has 0 fully saturated rings. The Morgan fingerprint density at radius 2 is 1.95 bits per heavy atom. The van der Waals surface area contributed by atoms with Crippen molar-refractivity contribution in [3.8, 4) is 5.75 Å². The Bertz CT molecular complexity index is 515. The lowest BCUT2D eigenvalue weighted by atomic mass is 10.2. The summed E-state index contributed by atoms with van der Waals surface area (Å²) >= 11 is 0. The van der Waals surface area contributed by atoms with Crippen LogP contribution in [0.15, 0.2) is 30.3 Å². The van der Waals surface area contributed by atoms with E-state index in [0.29, 0.717) is 12.1 Å². The van der Waals surface area contributed by atoms with Crippen molar-refractivity contribution in [3.63, 3.8) is 0 Å². The standard InChI is InChI=1S/C15H17F2NO4/c1-2-9-18-13(19)10-21-14(20)8-5-11-3-6-12(7-4-11)22-15(16)17/h3-8,15H,2,9-10H2,1H3,(H,18,19)/b8-5+. The second-order valence-corrected chi connectivity index (χ2v) is 4.24. The van der Waals surface area contributed by atoms with Gasteiger partial charge in [0.15, 0.2) is 6.61 Å². The van der Waals surface area contributed by atoms with Crippen LogP contribution in [0.5, 0.6) is 5.75 Å². The van der Waals surface area contributed by atoms with E-state index in [-0.39, 0.29) is 18.3 Å². The average Bonchev–Trinajstić information content (AvgIpc) is 2.49.